The second kappa shape index (κ2) is 13.8. The maximum Gasteiger partial charge on any atom is 0.326 e. The lowest BCUT2D eigenvalue weighted by Crippen LogP contribution is -2.56. The standard InChI is InChI=1S/C32H34FN3O6/c1-19(2)14-25-30(38)36-27(32(40)41)16-21-8-11-23(12-9-21)42-28-17-22(10-13-24(28)33)18-29(37)34-26(31(39)35-25)15-20-6-4-3-5-7-20/h3-13,17,19,25-27H,14-16,18H2,1-2H3,(H,34,37)(H,35,39)(H,36,38)(H,40,41)/t25-,26+,27-/m0/s1. The molecular weight excluding hydrogens is 541 g/mol. The van der Waals surface area contributed by atoms with Gasteiger partial charge in [-0.2, -0.15) is 0 Å². The molecule has 0 unspecified atom stereocenters. The molecule has 0 radical (unpaired) electrons. The molecule has 0 saturated heterocycles. The average molecular weight is 576 g/mol. The van der Waals surface area contributed by atoms with Crippen molar-refractivity contribution in [3.05, 3.63) is 95.3 Å². The summed E-state index contributed by atoms with van der Waals surface area (Å²) < 4.78 is 20.3. The van der Waals surface area contributed by atoms with Crippen molar-refractivity contribution in [2.45, 2.75) is 57.7 Å². The average Bonchev–Trinajstić information content (AvgIpc) is 2.94. The third-order valence-electron chi connectivity index (χ3n) is 6.84. The van der Waals surface area contributed by atoms with Crippen molar-refractivity contribution in [2.24, 2.45) is 5.92 Å². The Hall–Kier alpha value is -4.73. The van der Waals surface area contributed by atoms with Gasteiger partial charge in [-0.05, 0) is 53.3 Å². The molecule has 2 heterocycles. The number of carboxylic acids is 1. The predicted molar refractivity (Wildman–Crippen MR) is 153 cm³/mol. The molecular formula is C32H34FN3O6. The highest BCUT2D eigenvalue weighted by Gasteiger charge is 2.30. The normalized spacial score (nSPS) is 19.9. The van der Waals surface area contributed by atoms with E-state index in [-0.39, 0.29) is 37.4 Å². The van der Waals surface area contributed by atoms with E-state index in [4.69, 9.17) is 4.74 Å². The molecule has 0 aromatic heterocycles. The van der Waals surface area contributed by atoms with Crippen molar-refractivity contribution in [3.8, 4) is 11.5 Å². The molecule has 0 fully saturated rings. The van der Waals surface area contributed by atoms with Gasteiger partial charge in [-0.15, -0.1) is 0 Å². The van der Waals surface area contributed by atoms with Gasteiger partial charge < -0.3 is 25.8 Å². The van der Waals surface area contributed by atoms with Crippen LogP contribution >= 0.6 is 0 Å². The Morgan fingerprint density at radius 1 is 0.905 bits per heavy atom. The molecule has 4 N–H and O–H groups in total. The number of benzene rings is 3. The number of fused-ring (bicyclic) bond motifs is 12. The van der Waals surface area contributed by atoms with Crippen molar-refractivity contribution in [3.63, 3.8) is 0 Å². The van der Waals surface area contributed by atoms with Gasteiger partial charge in [0.25, 0.3) is 0 Å². The van der Waals surface area contributed by atoms with Gasteiger partial charge in [0.2, 0.25) is 17.7 Å². The van der Waals surface area contributed by atoms with Crippen LogP contribution in [0.1, 0.15) is 37.0 Å². The topological polar surface area (TPSA) is 134 Å². The molecule has 9 nitrogen and oxygen atoms in total. The highest BCUT2D eigenvalue weighted by atomic mass is 19.1. The molecule has 3 amide bonds. The van der Waals surface area contributed by atoms with Gasteiger partial charge in [-0.1, -0.05) is 62.4 Å². The summed E-state index contributed by atoms with van der Waals surface area (Å²) in [4.78, 5) is 52.1. The van der Waals surface area contributed by atoms with Crippen LogP contribution in [0.5, 0.6) is 11.5 Å². The summed E-state index contributed by atoms with van der Waals surface area (Å²) in [6.45, 7) is 3.76. The second-order valence-electron chi connectivity index (χ2n) is 10.8. The molecule has 0 saturated carbocycles. The monoisotopic (exact) mass is 575 g/mol. The van der Waals surface area contributed by atoms with Crippen LogP contribution < -0.4 is 20.7 Å². The van der Waals surface area contributed by atoms with Crippen LogP contribution in [0.2, 0.25) is 0 Å². The number of aliphatic carboxylic acids is 1. The first-order valence-electron chi connectivity index (χ1n) is 13.8. The number of hydrogen-bond acceptors (Lipinski definition) is 5. The number of carboxylic acid groups (broad SMARTS) is 1. The van der Waals surface area contributed by atoms with E-state index >= 15 is 0 Å². The number of carbonyl (C=O) groups is 4. The first-order chi connectivity index (χ1) is 20.1. The van der Waals surface area contributed by atoms with Gasteiger partial charge in [0.05, 0.1) is 6.42 Å². The predicted octanol–water partition coefficient (Wildman–Crippen LogP) is 3.54. The Morgan fingerprint density at radius 2 is 1.57 bits per heavy atom. The summed E-state index contributed by atoms with van der Waals surface area (Å²) in [5, 5.41) is 17.9. The Bertz CT molecular complexity index is 1430. The third kappa shape index (κ3) is 8.39. The molecule has 3 aromatic rings. The van der Waals surface area contributed by atoms with E-state index < -0.39 is 47.6 Å². The summed E-state index contributed by atoms with van der Waals surface area (Å²) in [6.07, 6.45) is 0.225. The van der Waals surface area contributed by atoms with Gasteiger partial charge in [0.15, 0.2) is 11.6 Å². The number of nitrogens with one attached hydrogen (secondary N) is 3. The number of hydrogen-bond donors (Lipinski definition) is 4. The van der Waals surface area contributed by atoms with Crippen LogP contribution in [0, 0.1) is 11.7 Å². The lowest BCUT2D eigenvalue weighted by molar-refractivity contribution is -0.142. The lowest BCUT2D eigenvalue weighted by Gasteiger charge is -2.25. The summed E-state index contributed by atoms with van der Waals surface area (Å²) in [5.74, 6) is -3.36. The quantitative estimate of drug-likeness (QED) is 0.344. The highest BCUT2D eigenvalue weighted by Crippen LogP contribution is 2.26. The zero-order valence-corrected chi connectivity index (χ0v) is 23.4. The minimum atomic E-state index is -1.27. The van der Waals surface area contributed by atoms with Crippen LogP contribution in [0.4, 0.5) is 4.39 Å². The van der Waals surface area contributed by atoms with E-state index in [1.807, 2.05) is 44.2 Å². The van der Waals surface area contributed by atoms with E-state index in [9.17, 15) is 28.7 Å². The molecule has 42 heavy (non-hydrogen) atoms. The van der Waals surface area contributed by atoms with Crippen molar-refractivity contribution in [2.75, 3.05) is 0 Å². The van der Waals surface area contributed by atoms with Crippen LogP contribution in [-0.4, -0.2) is 46.9 Å². The van der Waals surface area contributed by atoms with Crippen LogP contribution in [0.3, 0.4) is 0 Å². The molecule has 2 aliphatic heterocycles. The molecule has 3 aromatic carbocycles. The summed E-state index contributed by atoms with van der Waals surface area (Å²) >= 11 is 0. The van der Waals surface area contributed by atoms with E-state index in [2.05, 4.69) is 16.0 Å². The highest BCUT2D eigenvalue weighted by molar-refractivity contribution is 5.93. The maximum atomic E-state index is 14.6. The van der Waals surface area contributed by atoms with Crippen LogP contribution in [0.25, 0.3) is 0 Å². The minimum Gasteiger partial charge on any atom is -0.480 e. The number of rotatable bonds is 5. The van der Waals surface area contributed by atoms with Crippen molar-refractivity contribution in [1.82, 2.24) is 16.0 Å². The van der Waals surface area contributed by atoms with E-state index in [0.29, 0.717) is 16.9 Å². The second-order valence-corrected chi connectivity index (χ2v) is 10.8. The molecule has 4 bridgehead atoms. The number of carbonyl (C=O) groups excluding carboxylic acids is 3. The number of halogens is 1. The third-order valence-corrected chi connectivity index (χ3v) is 6.84. The van der Waals surface area contributed by atoms with E-state index in [0.717, 1.165) is 5.56 Å². The van der Waals surface area contributed by atoms with E-state index in [1.54, 1.807) is 24.3 Å². The molecule has 5 rings (SSSR count). The smallest absolute Gasteiger partial charge is 0.326 e. The van der Waals surface area contributed by atoms with Gasteiger partial charge in [0.1, 0.15) is 23.9 Å². The van der Waals surface area contributed by atoms with E-state index in [1.165, 1.54) is 18.2 Å². The van der Waals surface area contributed by atoms with Crippen LogP contribution in [0.15, 0.2) is 72.8 Å². The van der Waals surface area contributed by atoms with Crippen molar-refractivity contribution in [1.29, 1.82) is 0 Å². The fourth-order valence-electron chi connectivity index (χ4n) is 4.73. The number of amides is 3. The van der Waals surface area contributed by atoms with Crippen LogP contribution in [-0.2, 0) is 38.4 Å². The van der Waals surface area contributed by atoms with Gasteiger partial charge in [-0.25, -0.2) is 9.18 Å². The fraction of sp³-hybridized carbons (Fsp3) is 0.312. The lowest BCUT2D eigenvalue weighted by atomic mass is 10.00. The zero-order chi connectivity index (χ0) is 30.2. The zero-order valence-electron chi connectivity index (χ0n) is 23.4. The summed E-state index contributed by atoms with van der Waals surface area (Å²) in [6, 6.07) is 16.2. The first kappa shape index (κ1) is 30.2. The molecule has 2 aliphatic rings. The Balaban J connectivity index is 1.70. The molecule has 3 atom stereocenters. The molecule has 0 aliphatic carbocycles. The van der Waals surface area contributed by atoms with Crippen molar-refractivity contribution < 1.29 is 33.4 Å². The van der Waals surface area contributed by atoms with Gasteiger partial charge in [0, 0.05) is 12.8 Å². The molecule has 220 valence electrons. The first-order valence-corrected chi connectivity index (χ1v) is 13.8. The molecule has 10 heteroatoms. The Kier molecular flexibility index (Phi) is 9.90. The maximum absolute atomic E-state index is 14.6. The Morgan fingerprint density at radius 3 is 2.24 bits per heavy atom. The summed E-state index contributed by atoms with van der Waals surface area (Å²) in [5.41, 5.74) is 1.86. The van der Waals surface area contributed by atoms with Gasteiger partial charge in [-0.3, -0.25) is 14.4 Å². The summed E-state index contributed by atoms with van der Waals surface area (Å²) in [7, 11) is 0. The largest absolute Gasteiger partial charge is 0.480 e. The number of ether oxygens (including phenoxy) is 1. The van der Waals surface area contributed by atoms with Crippen molar-refractivity contribution >= 4 is 23.7 Å². The SMILES string of the molecule is CC(C)C[C@@H]1NC(=O)[C@@H](Cc2ccccc2)NC(=O)Cc2ccc(F)c(c2)Oc2ccc(cc2)C[C@@H](C(=O)O)NC1=O. The Labute approximate surface area is 243 Å². The minimum absolute atomic E-state index is 0.00619. The molecule has 0 spiro atoms. The van der Waals surface area contributed by atoms with Gasteiger partial charge >= 0.3 is 5.97 Å². The fourth-order valence-corrected chi connectivity index (χ4v) is 4.73.